The first-order chi connectivity index (χ1) is 7.82. The third-order valence-corrected chi connectivity index (χ3v) is 2.34. The lowest BCUT2D eigenvalue weighted by Crippen LogP contribution is -2.17. The Morgan fingerprint density at radius 3 is 2.47 bits per heavy atom. The van der Waals surface area contributed by atoms with Crippen LogP contribution in [0.25, 0.3) is 11.0 Å². The summed E-state index contributed by atoms with van der Waals surface area (Å²) in [6, 6.07) is 1.87. The molecule has 0 atom stereocenters. The molecule has 0 aliphatic carbocycles. The normalized spacial score (nSPS) is 12.1. The lowest BCUT2D eigenvalue weighted by molar-refractivity contribution is -0.137. The summed E-state index contributed by atoms with van der Waals surface area (Å²) >= 11 is 0. The summed E-state index contributed by atoms with van der Waals surface area (Å²) in [5, 5.41) is 0. The second-order valence-electron chi connectivity index (χ2n) is 3.71. The molecule has 1 aromatic heterocycles. The van der Waals surface area contributed by atoms with Gasteiger partial charge < -0.3 is 4.90 Å². The maximum Gasteiger partial charge on any atom is 0.418 e. The zero-order valence-electron chi connectivity index (χ0n) is 9.01. The molecule has 1 radical (unpaired) electrons. The van der Waals surface area contributed by atoms with Gasteiger partial charge in [0.25, 0.3) is 0 Å². The van der Waals surface area contributed by atoms with Crippen molar-refractivity contribution < 1.29 is 17.7 Å². The highest BCUT2D eigenvalue weighted by Crippen LogP contribution is 2.39. The third kappa shape index (κ3) is 1.81. The van der Waals surface area contributed by atoms with Crippen LogP contribution in [-0.2, 0) is 6.18 Å². The fraction of sp³-hybridized carbons (Fsp3) is 0.300. The van der Waals surface area contributed by atoms with Crippen LogP contribution in [0.1, 0.15) is 5.56 Å². The molecule has 0 aliphatic heterocycles. The van der Waals surface area contributed by atoms with E-state index in [9.17, 15) is 17.7 Å². The van der Waals surface area contributed by atoms with Crippen LogP contribution >= 0.6 is 0 Å². The summed E-state index contributed by atoms with van der Waals surface area (Å²) in [6.07, 6.45) is -2.55. The molecule has 7 heteroatoms. The van der Waals surface area contributed by atoms with Gasteiger partial charge in [-0.2, -0.15) is 18.0 Å². The Labute approximate surface area is 94.2 Å². The summed E-state index contributed by atoms with van der Waals surface area (Å²) in [7, 11) is 2.89. The molecule has 0 unspecified atom stereocenters. The van der Waals surface area contributed by atoms with Gasteiger partial charge in [0.1, 0.15) is 11.0 Å². The molecule has 0 fully saturated rings. The zero-order chi connectivity index (χ0) is 12.8. The van der Waals surface area contributed by atoms with E-state index in [0.29, 0.717) is 0 Å². The number of anilines is 1. The third-order valence-electron chi connectivity index (χ3n) is 2.34. The second kappa shape index (κ2) is 3.61. The molecule has 17 heavy (non-hydrogen) atoms. The van der Waals surface area contributed by atoms with E-state index in [1.54, 1.807) is 0 Å². The molecule has 0 saturated heterocycles. The van der Waals surface area contributed by atoms with Crippen molar-refractivity contribution >= 4 is 16.7 Å². The van der Waals surface area contributed by atoms with Crippen molar-refractivity contribution in [1.82, 2.24) is 9.77 Å². The molecule has 91 valence electrons. The van der Waals surface area contributed by atoms with Crippen LogP contribution in [0.5, 0.6) is 0 Å². The minimum absolute atomic E-state index is 0.0401. The number of alkyl halides is 3. The first-order valence-corrected chi connectivity index (χ1v) is 4.66. The van der Waals surface area contributed by atoms with Crippen molar-refractivity contribution in [3.05, 3.63) is 24.0 Å². The van der Waals surface area contributed by atoms with Crippen LogP contribution in [0.2, 0.25) is 0 Å². The number of aromatic nitrogens is 2. The predicted octanol–water partition coefficient (Wildman–Crippen LogP) is 2.65. The van der Waals surface area contributed by atoms with E-state index in [4.69, 9.17) is 0 Å². The van der Waals surface area contributed by atoms with Crippen molar-refractivity contribution in [2.24, 2.45) is 0 Å². The molecule has 0 spiro atoms. The van der Waals surface area contributed by atoms with E-state index >= 15 is 0 Å². The molecule has 0 amide bonds. The highest BCUT2D eigenvalue weighted by molar-refractivity contribution is 5.90. The van der Waals surface area contributed by atoms with Gasteiger partial charge in [0.05, 0.1) is 11.3 Å². The fourth-order valence-electron chi connectivity index (χ4n) is 1.67. The largest absolute Gasteiger partial charge is 0.418 e. The van der Waals surface area contributed by atoms with Gasteiger partial charge >= 0.3 is 6.18 Å². The molecule has 0 aliphatic rings. The number of fused-ring (bicyclic) bond motifs is 1. The number of benzene rings is 1. The van der Waals surface area contributed by atoms with E-state index in [-0.39, 0.29) is 21.5 Å². The Bertz CT molecular complexity index is 556. The average molecular weight is 246 g/mol. The second-order valence-corrected chi connectivity index (χ2v) is 3.71. The topological polar surface area (TPSA) is 21.1 Å². The first-order valence-electron chi connectivity index (χ1n) is 4.66. The van der Waals surface area contributed by atoms with Gasteiger partial charge in [-0.15, -0.1) is 0 Å². The number of rotatable bonds is 1. The predicted molar refractivity (Wildman–Crippen MR) is 54.4 cm³/mol. The molecular formula is C10H8F4N3. The Morgan fingerprint density at radius 2 is 1.94 bits per heavy atom. The molecular weight excluding hydrogens is 238 g/mol. The SMILES string of the molecule is CN(C)c1c(C(F)(F)F)ccc2c1n[c]n2F. The van der Waals surface area contributed by atoms with E-state index in [0.717, 1.165) is 12.1 Å². The van der Waals surface area contributed by atoms with Gasteiger partial charge in [0.15, 0.2) is 0 Å². The average Bonchev–Trinajstić information content (AvgIpc) is 2.57. The minimum Gasteiger partial charge on any atom is -0.375 e. The summed E-state index contributed by atoms with van der Waals surface area (Å²) in [5.74, 6) is 0. The van der Waals surface area contributed by atoms with Crippen LogP contribution < -0.4 is 4.90 Å². The molecule has 1 aromatic carbocycles. The standard InChI is InChI=1S/C10H8F4N3/c1-16(2)9-6(10(11,12)13)3-4-7-8(9)15-5-17(7)14/h3-4H,1-2H3. The molecule has 0 saturated carbocycles. The van der Waals surface area contributed by atoms with Gasteiger partial charge in [-0.05, 0) is 12.1 Å². The highest BCUT2D eigenvalue weighted by atomic mass is 19.4. The van der Waals surface area contributed by atoms with Gasteiger partial charge in [-0.3, -0.25) is 0 Å². The van der Waals surface area contributed by atoms with Gasteiger partial charge in [-0.25, -0.2) is 4.98 Å². The minimum atomic E-state index is -4.51. The Hall–Kier alpha value is -1.79. The first kappa shape index (κ1) is 11.7. The Balaban J connectivity index is 2.83. The van der Waals surface area contributed by atoms with Crippen LogP contribution in [0.15, 0.2) is 12.1 Å². The number of hydrogen-bond donors (Lipinski definition) is 0. The quantitative estimate of drug-likeness (QED) is 0.721. The maximum absolute atomic E-state index is 13.1. The maximum atomic E-state index is 13.1. The monoisotopic (exact) mass is 246 g/mol. The summed E-state index contributed by atoms with van der Waals surface area (Å²) in [5.41, 5.74) is -1.11. The lowest BCUT2D eigenvalue weighted by Gasteiger charge is -2.19. The smallest absolute Gasteiger partial charge is 0.375 e. The van der Waals surface area contributed by atoms with Gasteiger partial charge in [-0.1, -0.05) is 4.48 Å². The summed E-state index contributed by atoms with van der Waals surface area (Å²) in [4.78, 5) is 4.86. The van der Waals surface area contributed by atoms with Crippen molar-refractivity contribution in [3.8, 4) is 0 Å². The van der Waals surface area contributed by atoms with Crippen LogP contribution in [-0.4, -0.2) is 23.9 Å². The van der Waals surface area contributed by atoms with Crippen LogP contribution in [0, 0.1) is 6.33 Å². The number of imidazole rings is 1. The van der Waals surface area contributed by atoms with E-state index < -0.39 is 11.7 Å². The van der Waals surface area contributed by atoms with E-state index in [1.165, 1.54) is 19.0 Å². The molecule has 1 heterocycles. The van der Waals surface area contributed by atoms with Gasteiger partial charge in [0.2, 0.25) is 6.33 Å². The van der Waals surface area contributed by atoms with Crippen molar-refractivity contribution in [1.29, 1.82) is 0 Å². The fourth-order valence-corrected chi connectivity index (χ4v) is 1.67. The van der Waals surface area contributed by atoms with Crippen LogP contribution in [0.3, 0.4) is 0 Å². The summed E-state index contributed by atoms with van der Waals surface area (Å²) < 4.78 is 51.5. The molecule has 0 N–H and O–H groups in total. The Morgan fingerprint density at radius 1 is 1.29 bits per heavy atom. The molecule has 3 nitrogen and oxygen atoms in total. The van der Waals surface area contributed by atoms with Crippen molar-refractivity contribution in [2.75, 3.05) is 19.0 Å². The van der Waals surface area contributed by atoms with E-state index in [2.05, 4.69) is 4.98 Å². The number of hydrogen-bond acceptors (Lipinski definition) is 2. The van der Waals surface area contributed by atoms with Crippen molar-refractivity contribution in [2.45, 2.75) is 6.18 Å². The van der Waals surface area contributed by atoms with Crippen LogP contribution in [0.4, 0.5) is 23.3 Å². The zero-order valence-corrected chi connectivity index (χ0v) is 9.01. The van der Waals surface area contributed by atoms with Gasteiger partial charge in [0, 0.05) is 14.1 Å². The molecule has 2 rings (SSSR count). The van der Waals surface area contributed by atoms with E-state index in [1.807, 2.05) is 6.33 Å². The lowest BCUT2D eigenvalue weighted by atomic mass is 10.1. The Kier molecular flexibility index (Phi) is 2.48. The highest BCUT2D eigenvalue weighted by Gasteiger charge is 2.35. The number of nitrogens with zero attached hydrogens (tertiary/aromatic N) is 3. The summed E-state index contributed by atoms with van der Waals surface area (Å²) in [6.45, 7) is 0. The van der Waals surface area contributed by atoms with Crippen molar-refractivity contribution in [3.63, 3.8) is 0 Å². The molecule has 2 aromatic rings. The molecule has 0 bridgehead atoms. The number of halogens is 4.